The fourth-order valence-corrected chi connectivity index (χ4v) is 5.76. The van der Waals surface area contributed by atoms with Crippen molar-refractivity contribution in [3.8, 4) is 23.0 Å². The third kappa shape index (κ3) is 18.2. The Morgan fingerprint density at radius 2 is 1.02 bits per heavy atom. The Hall–Kier alpha value is -2.53. The molecule has 4 aromatic rings. The van der Waals surface area contributed by atoms with Gasteiger partial charge in [-0.3, -0.25) is 0 Å². The number of aliphatic hydroxyl groups excluding tert-OH is 1. The van der Waals surface area contributed by atoms with Gasteiger partial charge >= 0.3 is 0 Å². The lowest BCUT2D eigenvalue weighted by Crippen LogP contribution is -2.00. The number of aliphatic hydroxyl groups is 1. The van der Waals surface area contributed by atoms with Crippen molar-refractivity contribution in [2.75, 3.05) is 38.6 Å². The van der Waals surface area contributed by atoms with Crippen molar-refractivity contribution < 1.29 is 47.1 Å². The van der Waals surface area contributed by atoms with Crippen molar-refractivity contribution in [2.24, 2.45) is 0 Å². The van der Waals surface area contributed by atoms with Gasteiger partial charge in [0.2, 0.25) is 0 Å². The zero-order valence-electron chi connectivity index (χ0n) is 27.4. The second-order valence-electron chi connectivity index (χ2n) is 9.92. The van der Waals surface area contributed by atoms with Gasteiger partial charge in [0.05, 0.1) is 23.0 Å². The van der Waals surface area contributed by atoms with Gasteiger partial charge in [-0.1, -0.05) is 58.3 Å². The van der Waals surface area contributed by atoms with Gasteiger partial charge in [-0.15, -0.1) is 0 Å². The van der Waals surface area contributed by atoms with Gasteiger partial charge in [0, 0.05) is 36.1 Å². The summed E-state index contributed by atoms with van der Waals surface area (Å²) in [6.45, 7) is 5.67. The van der Waals surface area contributed by atoms with E-state index in [-0.39, 0.29) is 39.5 Å². The molecule has 0 aliphatic carbocycles. The fraction of sp³-hybridized carbons (Fsp3) is 0.333. The maximum absolute atomic E-state index is 11.5. The molecule has 0 aromatic heterocycles. The van der Waals surface area contributed by atoms with E-state index in [1.807, 2.05) is 32.0 Å². The fourth-order valence-electron chi connectivity index (χ4n) is 3.61. The summed E-state index contributed by atoms with van der Waals surface area (Å²) < 4.78 is 73.9. The lowest BCUT2D eigenvalue weighted by atomic mass is 10.2. The highest BCUT2D eigenvalue weighted by atomic mass is 79.9. The maximum atomic E-state index is 11.5. The lowest BCUT2D eigenvalue weighted by molar-refractivity contribution is -0.0573. The minimum absolute atomic E-state index is 0. The highest BCUT2D eigenvalue weighted by Gasteiger charge is 2.09. The largest absolute Gasteiger partial charge is 0.457 e. The first-order valence-corrected chi connectivity index (χ1v) is 20.5. The van der Waals surface area contributed by atoms with E-state index in [4.69, 9.17) is 30.5 Å². The van der Waals surface area contributed by atoms with E-state index in [9.17, 15) is 21.9 Å². The Morgan fingerprint density at radius 1 is 0.627 bits per heavy atom. The summed E-state index contributed by atoms with van der Waals surface area (Å²) in [6, 6.07) is 23.6. The van der Waals surface area contributed by atoms with E-state index in [1.165, 1.54) is 30.5 Å². The number of halogens is 3. The molecule has 286 valence electrons. The molecular weight excluding hydrogens is 852 g/mol. The maximum Gasteiger partial charge on any atom is 0.175 e. The molecule has 0 heterocycles. The average molecular weight is 902 g/mol. The van der Waals surface area contributed by atoms with Crippen LogP contribution in [0.25, 0.3) is 0 Å². The monoisotopic (exact) mass is 899 g/mol. The zero-order valence-corrected chi connectivity index (χ0v) is 33.0. The standard InChI is InChI=1S/C17H19BrO5S.C14H13BrO4S.C3H7ClO.2CH4.H2/c1-3-21-12-22-11-13-10-15(6-9-17(13)18)23-14-4-7-16(8-5-14)24(2,19)20;1-20(17,18)13-5-2-11(3-6-13)19-12-4-7-14(15)10(8-12)9-16;1-2-5-3-4;;;/h4-10H,3,11-12H2,1-2H3;2-8,16H,9H2,1H3;2-3H2,1H3;2*1H4;1H/i;;;;;1+1. The molecule has 0 saturated carbocycles. The van der Waals surface area contributed by atoms with Crippen LogP contribution in [0, 0.1) is 0 Å². The van der Waals surface area contributed by atoms with E-state index in [0.717, 1.165) is 26.3 Å². The van der Waals surface area contributed by atoms with Gasteiger partial charge in [-0.05, 0) is 110 Å². The SMILES string of the molecule is C.C.CCOCCl.CCOCOCc1cc(Oc2ccc(S(C)(=O)=O)cc2)ccc1Br.CS(=O)(=O)c1ccc(Oc2ccc(Br)c(CO)c2)cc1.[2HH]. The molecular formula is C36H49Br2ClO10S2. The summed E-state index contributed by atoms with van der Waals surface area (Å²) in [6.07, 6.45) is 2.33. The Kier molecular flexibility index (Phi) is 23.4. The smallest absolute Gasteiger partial charge is 0.175 e. The number of hydrogen-bond donors (Lipinski definition) is 1. The van der Waals surface area contributed by atoms with Crippen LogP contribution in [0.4, 0.5) is 0 Å². The van der Waals surface area contributed by atoms with E-state index in [2.05, 4.69) is 36.6 Å². The van der Waals surface area contributed by atoms with Crippen molar-refractivity contribution >= 4 is 63.1 Å². The number of rotatable bonds is 14. The summed E-state index contributed by atoms with van der Waals surface area (Å²) >= 11 is 11.9. The molecule has 0 atom stereocenters. The summed E-state index contributed by atoms with van der Waals surface area (Å²) in [4.78, 5) is 0.507. The van der Waals surface area contributed by atoms with Crippen LogP contribution in [0.2, 0.25) is 0 Å². The summed E-state index contributed by atoms with van der Waals surface area (Å²) in [5.74, 6) is 2.30. The van der Waals surface area contributed by atoms with Crippen LogP contribution in [-0.2, 0) is 47.1 Å². The minimum atomic E-state index is -3.21. The van der Waals surface area contributed by atoms with Gasteiger partial charge in [0.1, 0.15) is 35.9 Å². The Labute approximate surface area is 326 Å². The topological polar surface area (TPSA) is 135 Å². The average Bonchev–Trinajstić information content (AvgIpc) is 3.06. The van der Waals surface area contributed by atoms with Gasteiger partial charge in [0.15, 0.2) is 19.7 Å². The summed E-state index contributed by atoms with van der Waals surface area (Å²) in [5, 5.41) is 9.18. The second kappa shape index (κ2) is 24.7. The Bertz CT molecular complexity index is 1810. The van der Waals surface area contributed by atoms with Gasteiger partial charge in [0.25, 0.3) is 0 Å². The lowest BCUT2D eigenvalue weighted by Gasteiger charge is -2.10. The molecule has 15 heteroatoms. The number of ether oxygens (including phenoxy) is 5. The number of alkyl halides is 1. The van der Waals surface area contributed by atoms with Gasteiger partial charge in [-0.25, -0.2) is 16.8 Å². The van der Waals surface area contributed by atoms with E-state index in [1.54, 1.807) is 42.5 Å². The van der Waals surface area contributed by atoms with Crippen molar-refractivity contribution in [3.63, 3.8) is 0 Å². The molecule has 1 N–H and O–H groups in total. The third-order valence-corrected chi connectivity index (χ3v) is 10.0. The molecule has 0 bridgehead atoms. The quantitative estimate of drug-likeness (QED) is 0.0741. The molecule has 0 spiro atoms. The van der Waals surface area contributed by atoms with Crippen LogP contribution >= 0.6 is 43.5 Å². The molecule has 0 amide bonds. The van der Waals surface area contributed by atoms with Crippen molar-refractivity contribution in [1.82, 2.24) is 0 Å². The third-order valence-electron chi connectivity index (χ3n) is 6.09. The van der Waals surface area contributed by atoms with E-state index in [0.29, 0.717) is 48.9 Å². The molecule has 0 saturated heterocycles. The molecule has 0 radical (unpaired) electrons. The predicted octanol–water partition coefficient (Wildman–Crippen LogP) is 10.0. The van der Waals surface area contributed by atoms with E-state index < -0.39 is 19.7 Å². The van der Waals surface area contributed by atoms with Crippen molar-refractivity contribution in [2.45, 2.75) is 51.7 Å². The number of sulfone groups is 2. The molecule has 4 aromatic carbocycles. The molecule has 0 aliphatic rings. The highest BCUT2D eigenvalue weighted by molar-refractivity contribution is 9.10. The Morgan fingerprint density at radius 3 is 1.37 bits per heavy atom. The first kappa shape index (κ1) is 48.5. The first-order valence-electron chi connectivity index (χ1n) is 14.6. The second-order valence-corrected chi connectivity index (χ2v) is 15.9. The van der Waals surface area contributed by atoms with Crippen LogP contribution in [0.3, 0.4) is 0 Å². The summed E-state index contributed by atoms with van der Waals surface area (Å²) in [7, 11) is -6.41. The molecule has 4 rings (SSSR count). The van der Waals surface area contributed by atoms with Crippen LogP contribution in [0.5, 0.6) is 23.0 Å². The van der Waals surface area contributed by atoms with E-state index >= 15 is 0 Å². The number of hydrogen-bond acceptors (Lipinski definition) is 10. The molecule has 0 unspecified atom stereocenters. The predicted molar refractivity (Wildman–Crippen MR) is 213 cm³/mol. The van der Waals surface area contributed by atoms with Crippen LogP contribution < -0.4 is 9.47 Å². The molecule has 10 nitrogen and oxygen atoms in total. The van der Waals surface area contributed by atoms with Crippen molar-refractivity contribution in [3.05, 3.63) is 105 Å². The van der Waals surface area contributed by atoms with Gasteiger partial charge in [-0.2, -0.15) is 0 Å². The first-order chi connectivity index (χ1) is 23.2. The van der Waals surface area contributed by atoms with Crippen LogP contribution in [0.15, 0.2) is 104 Å². The highest BCUT2D eigenvalue weighted by Crippen LogP contribution is 2.29. The molecule has 51 heavy (non-hydrogen) atoms. The number of benzene rings is 4. The van der Waals surface area contributed by atoms with Crippen molar-refractivity contribution in [1.29, 1.82) is 0 Å². The summed E-state index contributed by atoms with van der Waals surface area (Å²) in [5.41, 5.74) is 1.65. The molecule has 0 fully saturated rings. The molecule has 0 aliphatic heterocycles. The normalized spacial score (nSPS) is 10.7. The van der Waals surface area contributed by atoms with Crippen LogP contribution in [-0.4, -0.2) is 60.5 Å². The minimum Gasteiger partial charge on any atom is -0.457 e. The Balaban J connectivity index is 0. The van der Waals surface area contributed by atoms with Gasteiger partial charge < -0.3 is 28.8 Å². The van der Waals surface area contributed by atoms with Crippen LogP contribution in [0.1, 0.15) is 41.3 Å². The zero-order chi connectivity index (χ0) is 36.5.